The fourth-order valence-electron chi connectivity index (χ4n) is 2.07. The molecule has 1 heterocycles. The molecule has 1 aliphatic rings. The second-order valence-corrected chi connectivity index (χ2v) is 6.52. The molecular formula is C14H22N2OS. The quantitative estimate of drug-likeness (QED) is 0.820. The molecular weight excluding hydrogens is 244 g/mol. The molecule has 4 heteroatoms. The molecule has 0 amide bonds. The van der Waals surface area contributed by atoms with Gasteiger partial charge >= 0.3 is 0 Å². The van der Waals surface area contributed by atoms with E-state index in [0.717, 1.165) is 25.3 Å². The molecule has 18 heavy (non-hydrogen) atoms. The van der Waals surface area contributed by atoms with Gasteiger partial charge in [0.1, 0.15) is 0 Å². The van der Waals surface area contributed by atoms with E-state index in [-0.39, 0.29) is 12.1 Å². The molecule has 2 unspecified atom stereocenters. The van der Waals surface area contributed by atoms with Crippen molar-refractivity contribution in [1.29, 1.82) is 0 Å². The second-order valence-electron chi connectivity index (χ2n) is 4.87. The second kappa shape index (κ2) is 6.57. The lowest BCUT2D eigenvalue weighted by atomic mass is 10.0. The van der Waals surface area contributed by atoms with Crippen LogP contribution in [0.2, 0.25) is 0 Å². The number of hydrogen-bond donors (Lipinski definition) is 2. The zero-order chi connectivity index (χ0) is 13.0. The van der Waals surface area contributed by atoms with Crippen molar-refractivity contribution in [2.75, 3.05) is 19.7 Å². The van der Waals surface area contributed by atoms with Gasteiger partial charge < -0.3 is 15.8 Å². The van der Waals surface area contributed by atoms with Crippen LogP contribution in [0.5, 0.6) is 0 Å². The maximum Gasteiger partial charge on any atom is 0.0892 e. The number of benzene rings is 1. The van der Waals surface area contributed by atoms with Gasteiger partial charge in [0.25, 0.3) is 0 Å². The highest BCUT2D eigenvalue weighted by atomic mass is 32.2. The third kappa shape index (κ3) is 3.72. The van der Waals surface area contributed by atoms with Gasteiger partial charge in [-0.25, -0.2) is 0 Å². The Labute approximate surface area is 113 Å². The molecule has 100 valence electrons. The van der Waals surface area contributed by atoms with Crippen molar-refractivity contribution in [1.82, 2.24) is 5.32 Å². The third-order valence-electron chi connectivity index (χ3n) is 2.99. The highest BCUT2D eigenvalue weighted by Gasteiger charge is 2.22. The van der Waals surface area contributed by atoms with Gasteiger partial charge in [-0.05, 0) is 17.7 Å². The van der Waals surface area contributed by atoms with E-state index < -0.39 is 0 Å². The summed E-state index contributed by atoms with van der Waals surface area (Å²) in [5.74, 6) is 0. The smallest absolute Gasteiger partial charge is 0.0892 e. The molecule has 3 N–H and O–H groups in total. The SMILES string of the molecule is CC(C)Sc1ccc(C(N)C2CNCCO2)cc1. The zero-order valence-electron chi connectivity index (χ0n) is 11.1. The van der Waals surface area contributed by atoms with Gasteiger partial charge in [-0.3, -0.25) is 0 Å². The molecule has 1 aromatic carbocycles. The maximum absolute atomic E-state index is 6.25. The van der Waals surface area contributed by atoms with Gasteiger partial charge in [0.2, 0.25) is 0 Å². The largest absolute Gasteiger partial charge is 0.374 e. The number of ether oxygens (including phenoxy) is 1. The van der Waals surface area contributed by atoms with E-state index in [9.17, 15) is 0 Å². The summed E-state index contributed by atoms with van der Waals surface area (Å²) in [7, 11) is 0. The van der Waals surface area contributed by atoms with Crippen molar-refractivity contribution in [2.45, 2.75) is 36.1 Å². The van der Waals surface area contributed by atoms with E-state index in [0.29, 0.717) is 5.25 Å². The predicted octanol–water partition coefficient (Wildman–Crippen LogP) is 2.18. The number of hydrogen-bond acceptors (Lipinski definition) is 4. The number of morpholine rings is 1. The highest BCUT2D eigenvalue weighted by molar-refractivity contribution is 7.99. The van der Waals surface area contributed by atoms with Gasteiger partial charge in [-0.1, -0.05) is 26.0 Å². The van der Waals surface area contributed by atoms with Crippen molar-refractivity contribution >= 4 is 11.8 Å². The minimum absolute atomic E-state index is 0.0455. The van der Waals surface area contributed by atoms with Crippen LogP contribution < -0.4 is 11.1 Å². The predicted molar refractivity (Wildman–Crippen MR) is 77.0 cm³/mol. The van der Waals surface area contributed by atoms with Crippen molar-refractivity contribution in [3.63, 3.8) is 0 Å². The van der Waals surface area contributed by atoms with Crippen LogP contribution in [0, 0.1) is 0 Å². The Morgan fingerprint density at radius 3 is 2.61 bits per heavy atom. The first-order chi connectivity index (χ1) is 8.66. The summed E-state index contributed by atoms with van der Waals surface area (Å²) in [6, 6.07) is 8.49. The maximum atomic E-state index is 6.25. The average molecular weight is 266 g/mol. The number of thioether (sulfide) groups is 1. The summed E-state index contributed by atoms with van der Waals surface area (Å²) >= 11 is 1.87. The molecule has 0 bridgehead atoms. The average Bonchev–Trinajstić information content (AvgIpc) is 2.39. The summed E-state index contributed by atoms with van der Waals surface area (Å²) in [5, 5.41) is 3.92. The highest BCUT2D eigenvalue weighted by Crippen LogP contribution is 2.25. The van der Waals surface area contributed by atoms with Crippen molar-refractivity contribution in [2.24, 2.45) is 5.73 Å². The first-order valence-corrected chi connectivity index (χ1v) is 7.39. The monoisotopic (exact) mass is 266 g/mol. The fourth-order valence-corrected chi connectivity index (χ4v) is 2.91. The molecule has 1 saturated heterocycles. The molecule has 0 spiro atoms. The van der Waals surface area contributed by atoms with E-state index in [2.05, 4.69) is 43.4 Å². The Hall–Kier alpha value is -0.550. The lowest BCUT2D eigenvalue weighted by molar-refractivity contribution is 0.0122. The van der Waals surface area contributed by atoms with Gasteiger partial charge in [-0.15, -0.1) is 11.8 Å². The van der Waals surface area contributed by atoms with Gasteiger partial charge in [0.05, 0.1) is 18.8 Å². The normalized spacial score (nSPS) is 22.1. The first kappa shape index (κ1) is 13.9. The Bertz CT molecular complexity index is 361. The van der Waals surface area contributed by atoms with Crippen LogP contribution in [0.3, 0.4) is 0 Å². The summed E-state index contributed by atoms with van der Waals surface area (Å²) in [5.41, 5.74) is 7.40. The summed E-state index contributed by atoms with van der Waals surface area (Å²) in [6.45, 7) is 6.91. The standard InChI is InChI=1S/C14H22N2OS/c1-10(2)18-12-5-3-11(4-6-12)14(15)13-9-16-7-8-17-13/h3-6,10,13-14,16H,7-9,15H2,1-2H3. The molecule has 0 radical (unpaired) electrons. The summed E-state index contributed by atoms with van der Waals surface area (Å²) in [4.78, 5) is 1.30. The van der Waals surface area contributed by atoms with E-state index in [1.807, 2.05) is 11.8 Å². The molecule has 0 saturated carbocycles. The van der Waals surface area contributed by atoms with Crippen LogP contribution in [0.1, 0.15) is 25.5 Å². The molecule has 1 aliphatic heterocycles. The Balaban J connectivity index is 1.99. The van der Waals surface area contributed by atoms with E-state index in [1.165, 1.54) is 4.90 Å². The van der Waals surface area contributed by atoms with Crippen LogP contribution >= 0.6 is 11.8 Å². The lowest BCUT2D eigenvalue weighted by Crippen LogP contribution is -2.44. The Morgan fingerprint density at radius 2 is 2.06 bits per heavy atom. The lowest BCUT2D eigenvalue weighted by Gasteiger charge is -2.28. The van der Waals surface area contributed by atoms with Crippen molar-refractivity contribution in [3.8, 4) is 0 Å². The van der Waals surface area contributed by atoms with Gasteiger partial charge in [-0.2, -0.15) is 0 Å². The molecule has 2 rings (SSSR count). The molecule has 1 aromatic rings. The van der Waals surface area contributed by atoms with E-state index in [4.69, 9.17) is 10.5 Å². The van der Waals surface area contributed by atoms with Crippen LogP contribution in [0.4, 0.5) is 0 Å². The molecule has 0 aliphatic carbocycles. The minimum Gasteiger partial charge on any atom is -0.374 e. The van der Waals surface area contributed by atoms with Crippen LogP contribution in [-0.4, -0.2) is 31.1 Å². The van der Waals surface area contributed by atoms with E-state index in [1.54, 1.807) is 0 Å². The Kier molecular flexibility index (Phi) is 5.06. The van der Waals surface area contributed by atoms with Crippen molar-refractivity contribution < 1.29 is 4.74 Å². The number of nitrogens with two attached hydrogens (primary N) is 1. The van der Waals surface area contributed by atoms with Crippen molar-refractivity contribution in [3.05, 3.63) is 29.8 Å². The van der Waals surface area contributed by atoms with Crippen LogP contribution in [0.15, 0.2) is 29.2 Å². The zero-order valence-corrected chi connectivity index (χ0v) is 11.9. The molecule has 1 fully saturated rings. The van der Waals surface area contributed by atoms with E-state index >= 15 is 0 Å². The van der Waals surface area contributed by atoms with Gasteiger partial charge in [0.15, 0.2) is 0 Å². The minimum atomic E-state index is -0.0455. The number of nitrogens with one attached hydrogen (secondary N) is 1. The fraction of sp³-hybridized carbons (Fsp3) is 0.571. The summed E-state index contributed by atoms with van der Waals surface area (Å²) in [6.07, 6.45) is 0.0855. The van der Waals surface area contributed by atoms with Crippen LogP contribution in [-0.2, 0) is 4.74 Å². The molecule has 2 atom stereocenters. The molecule has 3 nitrogen and oxygen atoms in total. The van der Waals surface area contributed by atoms with Gasteiger partial charge in [0, 0.05) is 23.2 Å². The molecule has 0 aromatic heterocycles. The number of rotatable bonds is 4. The summed E-state index contributed by atoms with van der Waals surface area (Å²) < 4.78 is 5.70. The third-order valence-corrected chi connectivity index (χ3v) is 4.01. The van der Waals surface area contributed by atoms with Crippen LogP contribution in [0.25, 0.3) is 0 Å². The first-order valence-electron chi connectivity index (χ1n) is 6.51. The Morgan fingerprint density at radius 1 is 1.33 bits per heavy atom. The topological polar surface area (TPSA) is 47.3 Å².